The third-order valence-electron chi connectivity index (χ3n) is 9.17. The summed E-state index contributed by atoms with van der Waals surface area (Å²) < 4.78 is 77.2. The van der Waals surface area contributed by atoms with E-state index in [9.17, 15) is 26.0 Å². The molecular weight excluding hydrogens is 652 g/mol. The van der Waals surface area contributed by atoms with Gasteiger partial charge < -0.3 is 11.1 Å². The lowest BCUT2D eigenvalue weighted by Gasteiger charge is -2.17. The van der Waals surface area contributed by atoms with Crippen LogP contribution in [0.1, 0.15) is 48.5 Å². The molecule has 258 valence electrons. The summed E-state index contributed by atoms with van der Waals surface area (Å²) in [5.41, 5.74) is 8.55. The van der Waals surface area contributed by atoms with Gasteiger partial charge in [0.2, 0.25) is 0 Å². The minimum Gasteiger partial charge on any atom is -0.367 e. The number of nitrogens with two attached hydrogens (primary N) is 1. The molecule has 4 saturated carbocycles. The molecule has 4 unspecified atom stereocenters. The van der Waals surface area contributed by atoms with Gasteiger partial charge in [0.15, 0.2) is 14.9 Å². The van der Waals surface area contributed by atoms with Crippen LogP contribution in [0.25, 0.3) is 11.9 Å². The molecule has 0 bridgehead atoms. The van der Waals surface area contributed by atoms with Crippen molar-refractivity contribution in [2.75, 3.05) is 11.6 Å². The first-order chi connectivity index (χ1) is 22.4. The van der Waals surface area contributed by atoms with Gasteiger partial charge in [0.1, 0.15) is 5.82 Å². The molecule has 0 saturated heterocycles. The van der Waals surface area contributed by atoms with Crippen molar-refractivity contribution in [2.24, 2.45) is 29.4 Å². The van der Waals surface area contributed by atoms with E-state index in [4.69, 9.17) is 5.73 Å². The Morgan fingerprint density at radius 1 is 0.729 bits per heavy atom. The van der Waals surface area contributed by atoms with E-state index >= 15 is 0 Å². The van der Waals surface area contributed by atoms with E-state index in [1.165, 1.54) is 10.7 Å². The second-order valence-electron chi connectivity index (χ2n) is 13.2. The maximum Gasteiger partial charge on any atom is 0.254 e. The average Bonchev–Trinajstić information content (AvgIpc) is 3.54. The molecule has 0 spiro atoms. The van der Waals surface area contributed by atoms with Crippen molar-refractivity contribution >= 4 is 15.7 Å². The van der Waals surface area contributed by atoms with Crippen molar-refractivity contribution in [3.63, 3.8) is 0 Å². The zero-order valence-electron chi connectivity index (χ0n) is 27.1. The van der Waals surface area contributed by atoms with Crippen molar-refractivity contribution in [3.8, 4) is 11.9 Å². The molecule has 4 aromatic rings. The number of fused-ring (bicyclic) bond motifs is 2. The van der Waals surface area contributed by atoms with Crippen LogP contribution in [0.4, 0.5) is 23.4 Å². The van der Waals surface area contributed by atoms with Gasteiger partial charge >= 0.3 is 0 Å². The molecule has 0 radical (unpaired) electrons. The lowest BCUT2D eigenvalue weighted by Crippen LogP contribution is -2.22. The van der Waals surface area contributed by atoms with Gasteiger partial charge in [-0.2, -0.15) is 20.2 Å². The van der Waals surface area contributed by atoms with E-state index in [2.05, 4.69) is 35.5 Å². The molecule has 12 nitrogen and oxygen atoms in total. The first-order valence-electron chi connectivity index (χ1n) is 15.7. The largest absolute Gasteiger partial charge is 0.367 e. The summed E-state index contributed by atoms with van der Waals surface area (Å²) in [7, 11) is -3.34. The standard InChI is InChI=1S/C15H17F2N5.C10H12N4O2S.C6H9F2N/c1-8-3-4-22(21-8)14-18-9(2)5-13(20-14)19-10-6-11-12(7-10)15(11,16)17;1-7-4-5-14(13-7)10-11-8(2)6-9(12-10)17(3,15)16;7-6(8)4-1-3(9)2-5(4)6/h3-5,10-12H,6-7H2,1-2H3,(H,18,19,20);4-6H,1-3H3;3-5H,1-2,9H2. The van der Waals surface area contributed by atoms with E-state index in [1.54, 1.807) is 30.1 Å². The van der Waals surface area contributed by atoms with Crippen LogP contribution >= 0.6 is 0 Å². The van der Waals surface area contributed by atoms with Crippen LogP contribution in [-0.2, 0) is 9.84 Å². The number of nitrogens with one attached hydrogen (secondary N) is 1. The van der Waals surface area contributed by atoms with Crippen LogP contribution in [-0.4, -0.2) is 78.1 Å². The molecule has 4 aliphatic rings. The van der Waals surface area contributed by atoms with Crippen molar-refractivity contribution in [1.82, 2.24) is 39.5 Å². The number of aryl methyl sites for hydroxylation is 4. The number of hydrogen-bond acceptors (Lipinski definition) is 10. The Bertz CT molecular complexity index is 1900. The Morgan fingerprint density at radius 3 is 1.62 bits per heavy atom. The van der Waals surface area contributed by atoms with E-state index in [1.807, 2.05) is 32.9 Å². The number of hydrogen-bond donors (Lipinski definition) is 2. The number of sulfone groups is 1. The summed E-state index contributed by atoms with van der Waals surface area (Å²) >= 11 is 0. The third-order valence-corrected chi connectivity index (χ3v) is 10.1. The van der Waals surface area contributed by atoms with Gasteiger partial charge in [-0.15, -0.1) is 0 Å². The van der Waals surface area contributed by atoms with Gasteiger partial charge in [-0.05, 0) is 71.6 Å². The van der Waals surface area contributed by atoms with E-state index in [-0.39, 0.29) is 34.9 Å². The Kier molecular flexibility index (Phi) is 8.59. The van der Waals surface area contributed by atoms with Gasteiger partial charge in [0, 0.05) is 71.9 Å². The van der Waals surface area contributed by atoms with E-state index in [0.29, 0.717) is 43.1 Å². The minimum atomic E-state index is -3.34. The first-order valence-corrected chi connectivity index (χ1v) is 17.6. The number of anilines is 1. The highest BCUT2D eigenvalue weighted by molar-refractivity contribution is 7.90. The summed E-state index contributed by atoms with van der Waals surface area (Å²) in [6, 6.07) is 7.07. The monoisotopic (exact) mass is 690 g/mol. The van der Waals surface area contributed by atoms with E-state index < -0.39 is 33.5 Å². The third kappa shape index (κ3) is 7.06. The number of aromatic nitrogens is 8. The highest BCUT2D eigenvalue weighted by atomic mass is 32.2. The molecule has 4 heterocycles. The second-order valence-corrected chi connectivity index (χ2v) is 15.2. The summed E-state index contributed by atoms with van der Waals surface area (Å²) in [6.07, 6.45) is 6.71. The quantitative estimate of drug-likeness (QED) is 0.227. The average molecular weight is 691 g/mol. The van der Waals surface area contributed by atoms with Crippen molar-refractivity contribution in [2.45, 2.75) is 82.3 Å². The number of halogens is 4. The summed E-state index contributed by atoms with van der Waals surface area (Å²) in [5.74, 6) is -4.94. The molecule has 48 heavy (non-hydrogen) atoms. The fraction of sp³-hybridized carbons (Fsp3) is 0.548. The highest BCUT2D eigenvalue weighted by Gasteiger charge is 2.72. The fourth-order valence-corrected chi connectivity index (χ4v) is 7.22. The molecule has 4 atom stereocenters. The molecular formula is C31H38F4N10O2S. The SMILES string of the molecule is Cc1cc(NC2CC3C(C2)C3(F)F)nc(-n2ccc(C)n2)n1.Cc1cc(S(C)(=O)=O)nc(-n2ccc(C)n2)n1.NC1CC2C(C1)C2(F)F. The molecule has 17 heteroatoms. The molecule has 8 rings (SSSR count). The number of alkyl halides is 4. The fourth-order valence-electron chi connectivity index (χ4n) is 6.59. The maximum atomic E-state index is 13.2. The number of nitrogens with zero attached hydrogens (tertiary/aromatic N) is 8. The molecule has 4 aliphatic carbocycles. The summed E-state index contributed by atoms with van der Waals surface area (Å²) in [6.45, 7) is 7.34. The smallest absolute Gasteiger partial charge is 0.254 e. The van der Waals surface area contributed by atoms with Crippen molar-refractivity contribution in [1.29, 1.82) is 0 Å². The van der Waals surface area contributed by atoms with E-state index in [0.717, 1.165) is 23.3 Å². The zero-order valence-corrected chi connectivity index (χ0v) is 28.0. The topological polar surface area (TPSA) is 159 Å². The zero-order chi connectivity index (χ0) is 34.8. The van der Waals surface area contributed by atoms with Gasteiger partial charge in [-0.1, -0.05) is 0 Å². The van der Waals surface area contributed by atoms with Crippen LogP contribution < -0.4 is 11.1 Å². The molecule has 4 fully saturated rings. The van der Waals surface area contributed by atoms with Gasteiger partial charge in [-0.3, -0.25) is 0 Å². The maximum absolute atomic E-state index is 13.2. The molecule has 0 aromatic carbocycles. The summed E-state index contributed by atoms with van der Waals surface area (Å²) in [5, 5.41) is 11.7. The first kappa shape index (κ1) is 33.9. The Labute approximate surface area is 275 Å². The van der Waals surface area contributed by atoms with Crippen LogP contribution in [0, 0.1) is 51.4 Å². The van der Waals surface area contributed by atoms with Gasteiger partial charge in [0.05, 0.1) is 11.4 Å². The van der Waals surface area contributed by atoms with Crippen LogP contribution in [0.5, 0.6) is 0 Å². The lowest BCUT2D eigenvalue weighted by atomic mass is 10.1. The van der Waals surface area contributed by atoms with Crippen molar-refractivity contribution < 1.29 is 26.0 Å². The minimum absolute atomic E-state index is 0.00755. The Hall–Kier alpha value is -3.99. The lowest BCUT2D eigenvalue weighted by molar-refractivity contribution is 0.0697. The van der Waals surface area contributed by atoms with Gasteiger partial charge in [-0.25, -0.2) is 45.3 Å². The normalized spacial score (nSPS) is 27.1. The number of rotatable bonds is 5. The van der Waals surface area contributed by atoms with Gasteiger partial charge in [0.25, 0.3) is 23.7 Å². The molecule has 0 amide bonds. The molecule has 4 aromatic heterocycles. The van der Waals surface area contributed by atoms with Crippen molar-refractivity contribution in [3.05, 3.63) is 59.4 Å². The predicted octanol–water partition coefficient (Wildman–Crippen LogP) is 4.41. The second kappa shape index (κ2) is 12.2. The predicted molar refractivity (Wildman–Crippen MR) is 168 cm³/mol. The highest BCUT2D eigenvalue weighted by Crippen LogP contribution is 2.64. The van der Waals surface area contributed by atoms with Crippen LogP contribution in [0.3, 0.4) is 0 Å². The molecule has 3 N–H and O–H groups in total. The van der Waals surface area contributed by atoms with Crippen LogP contribution in [0.15, 0.2) is 41.7 Å². The Balaban J connectivity index is 0.000000136. The summed E-state index contributed by atoms with van der Waals surface area (Å²) in [4.78, 5) is 17.0. The molecule has 0 aliphatic heterocycles. The van der Waals surface area contributed by atoms with Crippen LogP contribution in [0.2, 0.25) is 0 Å². The Morgan fingerprint density at radius 2 is 1.19 bits per heavy atom.